The number of methoxy groups -OCH3 is 1. The third-order valence-corrected chi connectivity index (χ3v) is 10.6. The van der Waals surface area contributed by atoms with Crippen LogP contribution in [0.5, 0.6) is 17.2 Å². The van der Waals surface area contributed by atoms with Crippen LogP contribution in [-0.2, 0) is 49.4 Å². The molecule has 2 saturated heterocycles. The lowest BCUT2D eigenvalue weighted by Crippen LogP contribution is -2.64. The fourth-order valence-electron chi connectivity index (χ4n) is 7.78. The highest BCUT2D eigenvalue weighted by atomic mass is 16.7. The number of fused-ring (bicyclic) bond motifs is 1. The van der Waals surface area contributed by atoms with Crippen LogP contribution in [0.2, 0.25) is 0 Å². The Bertz CT molecular complexity index is 2150. The number of piperidine rings is 1. The molecule has 2 aliphatic heterocycles. The zero-order valence-electron chi connectivity index (χ0n) is 36.4. The number of esters is 4. The Hall–Kier alpha value is -5.60. The first-order valence-corrected chi connectivity index (χ1v) is 20.8. The second kappa shape index (κ2) is 19.9. The van der Waals surface area contributed by atoms with Gasteiger partial charge in [-0.3, -0.25) is 19.3 Å². The Morgan fingerprint density at radius 2 is 1.33 bits per heavy atom. The van der Waals surface area contributed by atoms with E-state index in [1.165, 1.54) is 19.3 Å². The van der Waals surface area contributed by atoms with Gasteiger partial charge in [0.05, 0.1) is 19.4 Å². The fraction of sp³-hybridized carbons (Fsp3) is 0.489. The molecule has 0 bridgehead atoms. The molecule has 0 spiro atoms. The normalized spacial score (nSPS) is 20.7. The summed E-state index contributed by atoms with van der Waals surface area (Å²) in [4.78, 5) is 52.4. The number of benzene rings is 3. The van der Waals surface area contributed by atoms with E-state index in [0.29, 0.717) is 25.5 Å². The van der Waals surface area contributed by atoms with Crippen molar-refractivity contribution in [3.05, 3.63) is 77.9 Å². The van der Waals surface area contributed by atoms with Crippen molar-refractivity contribution in [1.29, 1.82) is 0 Å². The van der Waals surface area contributed by atoms with Crippen LogP contribution >= 0.6 is 0 Å². The molecule has 0 saturated carbocycles. The third kappa shape index (κ3) is 11.6. The Balaban J connectivity index is 1.34. The van der Waals surface area contributed by atoms with Gasteiger partial charge in [0, 0.05) is 44.8 Å². The number of aryl methyl sites for hydroxylation is 1. The summed E-state index contributed by atoms with van der Waals surface area (Å²) < 4.78 is 48.4. The van der Waals surface area contributed by atoms with Crippen molar-refractivity contribution in [2.24, 2.45) is 5.41 Å². The minimum Gasteiger partial charge on any atom is -0.493 e. The largest absolute Gasteiger partial charge is 0.493 e. The second-order valence-corrected chi connectivity index (χ2v) is 16.8. The van der Waals surface area contributed by atoms with Crippen molar-refractivity contribution in [3.63, 3.8) is 0 Å². The van der Waals surface area contributed by atoms with Gasteiger partial charge in [-0.25, -0.2) is 4.79 Å². The molecule has 5 atom stereocenters. The van der Waals surface area contributed by atoms with E-state index < -0.39 is 54.6 Å². The Morgan fingerprint density at radius 1 is 0.738 bits per heavy atom. The number of ether oxygens (including phenoxy) is 8. The molecule has 0 unspecified atom stereocenters. The highest BCUT2D eigenvalue weighted by molar-refractivity contribution is 5.92. The molecular weight excluding hydrogens is 785 g/mol. The van der Waals surface area contributed by atoms with E-state index in [4.69, 9.17) is 37.9 Å². The summed E-state index contributed by atoms with van der Waals surface area (Å²) in [5, 5.41) is 0.858. The molecule has 3 heterocycles. The van der Waals surface area contributed by atoms with Crippen LogP contribution in [-0.4, -0.2) is 104 Å². The van der Waals surface area contributed by atoms with Crippen molar-refractivity contribution in [1.82, 2.24) is 9.47 Å². The molecule has 14 heteroatoms. The SMILES string of the molecule is COC(=O)[C@H]1O[C@@H](Oc2ccc3c(c2)c(C)c(-c2ccc(OCC(C)(C)C)cc2)n3Cc2ccc(OCCN3CCCCC3)cc2)[C@H](OC(C)=O)[C@@H](OC(C)=O)[C@@H]1OC(C)=O. The maximum atomic E-state index is 13.0. The zero-order valence-corrected chi connectivity index (χ0v) is 36.4. The summed E-state index contributed by atoms with van der Waals surface area (Å²) >= 11 is 0. The molecule has 4 aromatic rings. The van der Waals surface area contributed by atoms with Crippen molar-refractivity contribution < 1.29 is 57.1 Å². The van der Waals surface area contributed by atoms with Crippen LogP contribution in [0.1, 0.15) is 71.9 Å². The summed E-state index contributed by atoms with van der Waals surface area (Å²) in [6.45, 7) is 16.8. The maximum Gasteiger partial charge on any atom is 0.339 e. The van der Waals surface area contributed by atoms with Gasteiger partial charge in [-0.2, -0.15) is 0 Å². The van der Waals surface area contributed by atoms with Crippen LogP contribution < -0.4 is 14.2 Å². The second-order valence-electron chi connectivity index (χ2n) is 16.8. The molecule has 0 N–H and O–H groups in total. The van der Waals surface area contributed by atoms with Crippen LogP contribution in [0.15, 0.2) is 66.7 Å². The van der Waals surface area contributed by atoms with E-state index in [-0.39, 0.29) is 5.41 Å². The first-order valence-electron chi connectivity index (χ1n) is 20.8. The molecule has 0 radical (unpaired) electrons. The van der Waals surface area contributed by atoms with E-state index >= 15 is 0 Å². The lowest BCUT2D eigenvalue weighted by Gasteiger charge is -2.43. The number of aromatic nitrogens is 1. The number of hydrogen-bond acceptors (Lipinski definition) is 13. The highest BCUT2D eigenvalue weighted by Gasteiger charge is 2.56. The monoisotopic (exact) mass is 842 g/mol. The van der Waals surface area contributed by atoms with Crippen LogP contribution in [0.25, 0.3) is 22.2 Å². The van der Waals surface area contributed by atoms with E-state index in [1.54, 1.807) is 6.07 Å². The molecular formula is C47H58N2O12. The number of rotatable bonds is 15. The maximum absolute atomic E-state index is 13.0. The van der Waals surface area contributed by atoms with Gasteiger partial charge in [-0.05, 0) is 110 Å². The minimum absolute atomic E-state index is 0.00185. The van der Waals surface area contributed by atoms with Gasteiger partial charge in [0.25, 0.3) is 0 Å². The Morgan fingerprint density at radius 3 is 1.95 bits per heavy atom. The summed E-state index contributed by atoms with van der Waals surface area (Å²) in [7, 11) is 1.14. The van der Waals surface area contributed by atoms with Gasteiger partial charge in [0.15, 0.2) is 18.3 Å². The molecule has 6 rings (SSSR count). The Labute approximate surface area is 357 Å². The zero-order chi connectivity index (χ0) is 43.8. The number of carbonyl (C=O) groups excluding carboxylic acids is 4. The number of carbonyl (C=O) groups is 4. The van der Waals surface area contributed by atoms with Crippen molar-refractivity contribution in [3.8, 4) is 28.5 Å². The van der Waals surface area contributed by atoms with Crippen LogP contribution in [0.3, 0.4) is 0 Å². The van der Waals surface area contributed by atoms with Gasteiger partial charge in [0.2, 0.25) is 12.4 Å². The van der Waals surface area contributed by atoms with Crippen LogP contribution in [0, 0.1) is 12.3 Å². The highest BCUT2D eigenvalue weighted by Crippen LogP contribution is 2.38. The molecule has 0 aliphatic carbocycles. The smallest absolute Gasteiger partial charge is 0.339 e. The van der Waals surface area contributed by atoms with Crippen molar-refractivity contribution in [2.75, 3.05) is 40.0 Å². The molecule has 3 aromatic carbocycles. The van der Waals surface area contributed by atoms with Gasteiger partial charge < -0.3 is 42.5 Å². The number of likely N-dealkylation sites (tertiary alicyclic amines) is 1. The summed E-state index contributed by atoms with van der Waals surface area (Å²) in [5.41, 5.74) is 4.90. The predicted octanol–water partition coefficient (Wildman–Crippen LogP) is 7.03. The molecule has 14 nitrogen and oxygen atoms in total. The minimum atomic E-state index is -1.59. The van der Waals surface area contributed by atoms with Crippen molar-refractivity contribution >= 4 is 34.8 Å². The molecule has 1 aromatic heterocycles. The number of hydrogen-bond donors (Lipinski definition) is 0. The average molecular weight is 843 g/mol. The fourth-order valence-corrected chi connectivity index (χ4v) is 7.78. The molecule has 328 valence electrons. The molecule has 61 heavy (non-hydrogen) atoms. The lowest BCUT2D eigenvalue weighted by atomic mass is 9.97. The summed E-state index contributed by atoms with van der Waals surface area (Å²) in [5.74, 6) is -1.35. The lowest BCUT2D eigenvalue weighted by molar-refractivity contribution is -0.282. The summed E-state index contributed by atoms with van der Waals surface area (Å²) in [6, 6.07) is 21.7. The predicted molar refractivity (Wildman–Crippen MR) is 226 cm³/mol. The average Bonchev–Trinajstić information content (AvgIpc) is 3.48. The van der Waals surface area contributed by atoms with Gasteiger partial charge in [0.1, 0.15) is 23.9 Å². The quantitative estimate of drug-likeness (QED) is 0.0892. The molecule has 2 aliphatic rings. The first-order chi connectivity index (χ1) is 29.1. The standard InChI is InChI=1S/C47H58N2O12/c1-29-38-26-37(60-46-44(59-32(4)52)42(58-31(3)51)41(57-30(2)50)43(61-46)45(53)54-8)20-21-39(38)49(40(29)34-14-18-36(19-15-34)56-28-47(5,6)7)27-33-12-16-35(17-13-33)55-25-24-48-22-10-9-11-23-48/h12-21,26,41-44,46H,9-11,22-25,27-28H2,1-8H3/t41-,42-,43-,44+,46+/m0/s1. The first kappa shape index (κ1) is 44.9. The van der Waals surface area contributed by atoms with Gasteiger partial charge in [-0.15, -0.1) is 0 Å². The molecule has 2 fully saturated rings. The van der Waals surface area contributed by atoms with Gasteiger partial charge >= 0.3 is 23.9 Å². The third-order valence-electron chi connectivity index (χ3n) is 10.6. The van der Waals surface area contributed by atoms with E-state index in [1.807, 2.05) is 55.5 Å². The van der Waals surface area contributed by atoms with E-state index in [2.05, 4.69) is 42.4 Å². The van der Waals surface area contributed by atoms with E-state index in [9.17, 15) is 19.2 Å². The van der Waals surface area contributed by atoms with E-state index in [0.717, 1.165) is 92.3 Å². The number of nitrogens with zero attached hydrogens (tertiary/aromatic N) is 2. The van der Waals surface area contributed by atoms with Crippen molar-refractivity contribution in [2.45, 2.75) is 105 Å². The summed E-state index contributed by atoms with van der Waals surface area (Å²) in [6.07, 6.45) is -3.73. The Kier molecular flexibility index (Phi) is 14.6. The topological polar surface area (TPSA) is 150 Å². The van der Waals surface area contributed by atoms with Crippen LogP contribution in [0.4, 0.5) is 0 Å². The molecule has 0 amide bonds. The van der Waals surface area contributed by atoms with Gasteiger partial charge in [-0.1, -0.05) is 39.3 Å².